The molecule has 5 heterocycles. The van der Waals surface area contributed by atoms with Gasteiger partial charge < -0.3 is 14.0 Å². The van der Waals surface area contributed by atoms with Crippen molar-refractivity contribution in [3.63, 3.8) is 0 Å². The second kappa shape index (κ2) is 18.0. The molecule has 10 aromatic carbocycles. The maximum absolute atomic E-state index is 5.54. The van der Waals surface area contributed by atoms with E-state index in [4.69, 9.17) is 16.5 Å². The molecule has 0 unspecified atom stereocenters. The lowest BCUT2D eigenvalue weighted by atomic mass is 9.97. The number of anilines is 2. The average molecular weight is 985 g/mol. The van der Waals surface area contributed by atoms with Gasteiger partial charge in [-0.3, -0.25) is 4.57 Å². The molecule has 77 heavy (non-hydrogen) atoms. The largest absolute Gasteiger partial charge is 0.322 e. The molecule has 0 atom stereocenters. The summed E-state index contributed by atoms with van der Waals surface area (Å²) in [5.41, 5.74) is 17.2. The van der Waals surface area contributed by atoms with Crippen molar-refractivity contribution in [2.75, 3.05) is 11.4 Å². The van der Waals surface area contributed by atoms with Crippen LogP contribution in [0.2, 0.25) is 0 Å². The minimum absolute atomic E-state index is 0.514. The maximum atomic E-state index is 5.54. The summed E-state index contributed by atoms with van der Waals surface area (Å²) in [7, 11) is 0. The van der Waals surface area contributed by atoms with Crippen LogP contribution >= 0.6 is 0 Å². The molecular formula is C71H48N6. The highest BCUT2D eigenvalue weighted by atomic mass is 15.2. The Hall–Kier alpha value is -10.3. The Morgan fingerprint density at radius 3 is 1.42 bits per heavy atom. The van der Waals surface area contributed by atoms with Crippen LogP contribution in [0.1, 0.15) is 5.56 Å². The predicted octanol–water partition coefficient (Wildman–Crippen LogP) is 18.0. The fourth-order valence-corrected chi connectivity index (χ4v) is 11.9. The van der Waals surface area contributed by atoms with E-state index < -0.39 is 0 Å². The lowest BCUT2D eigenvalue weighted by Crippen LogP contribution is -2.20. The van der Waals surface area contributed by atoms with E-state index in [2.05, 4.69) is 279 Å². The topological polar surface area (TPSA) is 43.8 Å². The highest BCUT2D eigenvalue weighted by Gasteiger charge is 2.24. The standard InChI is InChI=1S/C71H48N6/c1-47-42-53(75-63-31-15-11-27-55(63)56-28-12-16-32-64(56)75)26-19-41-74(62-38-35-51(43-59(47)62)48-20-5-2-6-21-48)69-46-70(73-71(72-69)50-24-9-4-10-25-50)77-67-39-36-52(49-22-7-3-8-23-49)44-60(67)61-45-54(37-40-68(61)77)76-65-33-17-13-29-57(65)58-30-14-18-34-66(58)76/h2-40,42-46H,1,41H2/b26-19-,53-42+. The minimum Gasteiger partial charge on any atom is -0.322 e. The van der Waals surface area contributed by atoms with Gasteiger partial charge in [0.05, 0.1) is 38.8 Å². The van der Waals surface area contributed by atoms with Gasteiger partial charge in [0.15, 0.2) is 5.82 Å². The second-order valence-electron chi connectivity index (χ2n) is 19.9. The summed E-state index contributed by atoms with van der Waals surface area (Å²) in [5.74, 6) is 2.16. The Bertz CT molecular complexity index is 4620. The number of nitrogens with zero attached hydrogens (tertiary/aromatic N) is 6. The van der Waals surface area contributed by atoms with Crippen LogP contribution in [0.25, 0.3) is 122 Å². The Labute approximate surface area is 445 Å². The molecule has 0 spiro atoms. The number of para-hydroxylation sites is 4. The Morgan fingerprint density at radius 1 is 0.351 bits per heavy atom. The van der Waals surface area contributed by atoms with Crippen LogP contribution in [0.5, 0.6) is 0 Å². The van der Waals surface area contributed by atoms with Crippen LogP contribution in [0.3, 0.4) is 0 Å². The molecule has 0 fully saturated rings. The maximum Gasteiger partial charge on any atom is 0.163 e. The van der Waals surface area contributed by atoms with Crippen LogP contribution in [0.4, 0.5) is 11.5 Å². The van der Waals surface area contributed by atoms with Gasteiger partial charge >= 0.3 is 0 Å². The summed E-state index contributed by atoms with van der Waals surface area (Å²) < 4.78 is 7.11. The summed E-state index contributed by atoms with van der Waals surface area (Å²) >= 11 is 0. The quantitative estimate of drug-likeness (QED) is 0.160. The van der Waals surface area contributed by atoms with Gasteiger partial charge in [-0.1, -0.05) is 189 Å². The lowest BCUT2D eigenvalue weighted by molar-refractivity contribution is 0.991. The molecular weight excluding hydrogens is 937 g/mol. The molecule has 0 amide bonds. The first-order valence-electron chi connectivity index (χ1n) is 26.2. The Balaban J connectivity index is 0.962. The van der Waals surface area contributed by atoms with Gasteiger partial charge in [0.1, 0.15) is 11.6 Å². The molecule has 0 radical (unpaired) electrons. The van der Waals surface area contributed by atoms with Crippen molar-refractivity contribution >= 4 is 88.2 Å². The van der Waals surface area contributed by atoms with Gasteiger partial charge in [-0.15, -0.1) is 0 Å². The van der Waals surface area contributed by atoms with Crippen molar-refractivity contribution in [3.05, 3.63) is 279 Å². The van der Waals surface area contributed by atoms with Gasteiger partial charge in [0, 0.05) is 67.4 Å². The molecule has 6 nitrogen and oxygen atoms in total. The number of fused-ring (bicyclic) bond motifs is 10. The minimum atomic E-state index is 0.514. The zero-order valence-electron chi connectivity index (χ0n) is 42.0. The summed E-state index contributed by atoms with van der Waals surface area (Å²) in [6, 6.07) is 89.0. The molecule has 1 aliphatic rings. The fraction of sp³-hybridized carbons (Fsp3) is 0.0141. The van der Waals surface area contributed by atoms with Crippen molar-refractivity contribution < 1.29 is 0 Å². The fourth-order valence-electron chi connectivity index (χ4n) is 11.9. The third kappa shape index (κ3) is 7.33. The molecule has 362 valence electrons. The van der Waals surface area contributed by atoms with E-state index in [0.29, 0.717) is 12.4 Å². The normalized spacial score (nSPS) is 14.0. The van der Waals surface area contributed by atoms with Gasteiger partial charge in [-0.25, -0.2) is 9.97 Å². The van der Waals surface area contributed by atoms with E-state index in [1.807, 2.05) is 6.07 Å². The number of benzene rings is 10. The number of rotatable bonds is 7. The summed E-state index contributed by atoms with van der Waals surface area (Å²) in [5, 5.41) is 7.14. The smallest absolute Gasteiger partial charge is 0.163 e. The number of hydrogen-bond acceptors (Lipinski definition) is 3. The third-order valence-electron chi connectivity index (χ3n) is 15.4. The summed E-state index contributed by atoms with van der Waals surface area (Å²) in [6.07, 6.45) is 6.74. The first-order valence-corrected chi connectivity index (χ1v) is 26.2. The number of hydrogen-bond donors (Lipinski definition) is 0. The van der Waals surface area contributed by atoms with Gasteiger partial charge in [0.2, 0.25) is 0 Å². The van der Waals surface area contributed by atoms with Gasteiger partial charge in [-0.05, 0) is 107 Å². The molecule has 4 aromatic heterocycles. The average Bonchev–Trinajstić information content (AvgIpc) is 4.36. The molecule has 14 aromatic rings. The molecule has 0 saturated carbocycles. The highest BCUT2D eigenvalue weighted by molar-refractivity contribution is 6.14. The van der Waals surface area contributed by atoms with Gasteiger partial charge in [0.25, 0.3) is 0 Å². The van der Waals surface area contributed by atoms with Crippen molar-refractivity contribution in [3.8, 4) is 45.1 Å². The molecule has 6 heteroatoms. The van der Waals surface area contributed by atoms with E-state index in [1.165, 1.54) is 32.6 Å². The first kappa shape index (κ1) is 44.2. The van der Waals surface area contributed by atoms with Crippen molar-refractivity contribution in [2.45, 2.75) is 0 Å². The molecule has 1 aliphatic heterocycles. The lowest BCUT2D eigenvalue weighted by Gasteiger charge is -2.27. The highest BCUT2D eigenvalue weighted by Crippen LogP contribution is 2.43. The van der Waals surface area contributed by atoms with Crippen LogP contribution in [0.15, 0.2) is 274 Å². The molecule has 0 bridgehead atoms. The Kier molecular flexibility index (Phi) is 10.3. The monoisotopic (exact) mass is 984 g/mol. The van der Waals surface area contributed by atoms with Gasteiger partial charge in [-0.2, -0.15) is 0 Å². The van der Waals surface area contributed by atoms with Crippen molar-refractivity contribution in [2.24, 2.45) is 0 Å². The number of allylic oxidation sites excluding steroid dienone is 4. The number of aromatic nitrogens is 5. The van der Waals surface area contributed by atoms with Crippen LogP contribution in [-0.4, -0.2) is 30.2 Å². The van der Waals surface area contributed by atoms with Crippen molar-refractivity contribution in [1.29, 1.82) is 0 Å². The van der Waals surface area contributed by atoms with E-state index in [0.717, 1.165) is 101 Å². The van der Waals surface area contributed by atoms with Crippen LogP contribution in [-0.2, 0) is 0 Å². The zero-order chi connectivity index (χ0) is 51.0. The Morgan fingerprint density at radius 2 is 0.818 bits per heavy atom. The summed E-state index contributed by atoms with van der Waals surface area (Å²) in [4.78, 5) is 13.4. The van der Waals surface area contributed by atoms with E-state index in [9.17, 15) is 0 Å². The third-order valence-corrected chi connectivity index (χ3v) is 15.4. The zero-order valence-corrected chi connectivity index (χ0v) is 42.0. The molecule has 15 rings (SSSR count). The SMILES string of the molecule is C=C1/C=C(n2c3ccccc3c3ccccc32)\C=C/CN(c2cc(-n3c4ccc(-c5ccccc5)cc4c4cc(-n5c6ccccc6c6ccccc65)ccc43)nc(-c3ccccc3)n2)c2ccc(-c3ccccc3)cc21. The second-order valence-corrected chi connectivity index (χ2v) is 19.9. The van der Waals surface area contributed by atoms with Crippen LogP contribution < -0.4 is 4.90 Å². The van der Waals surface area contributed by atoms with Crippen LogP contribution in [0, 0.1) is 0 Å². The summed E-state index contributed by atoms with van der Waals surface area (Å²) in [6.45, 7) is 5.39. The van der Waals surface area contributed by atoms with Crippen molar-refractivity contribution in [1.82, 2.24) is 23.7 Å². The predicted molar refractivity (Wildman–Crippen MR) is 322 cm³/mol. The molecule has 0 aliphatic carbocycles. The molecule has 0 N–H and O–H groups in total. The molecule has 0 saturated heterocycles. The van der Waals surface area contributed by atoms with E-state index in [1.54, 1.807) is 0 Å². The van der Waals surface area contributed by atoms with E-state index >= 15 is 0 Å². The van der Waals surface area contributed by atoms with E-state index in [-0.39, 0.29) is 0 Å². The first-order chi connectivity index (χ1) is 38.1.